The molecule has 1 N–H and O–H groups in total. The van der Waals surface area contributed by atoms with E-state index in [0.717, 1.165) is 6.42 Å². The maximum Gasteiger partial charge on any atom is 0.263 e. The number of thioether (sulfide) groups is 1. The first-order valence-corrected chi connectivity index (χ1v) is 9.91. The molecule has 8 heteroatoms. The fourth-order valence-corrected chi connectivity index (χ4v) is 3.61. The van der Waals surface area contributed by atoms with E-state index in [0.29, 0.717) is 15.9 Å². The van der Waals surface area contributed by atoms with Crippen LogP contribution < -0.4 is 4.72 Å². The van der Waals surface area contributed by atoms with Crippen LogP contribution in [0.5, 0.6) is 0 Å². The number of allylic oxidation sites excluding steroid dienone is 1. The van der Waals surface area contributed by atoms with Crippen LogP contribution in [-0.4, -0.2) is 18.2 Å². The lowest BCUT2D eigenvalue weighted by atomic mass is 10.3. The Balaban J connectivity index is 2.21. The van der Waals surface area contributed by atoms with Crippen molar-refractivity contribution in [2.45, 2.75) is 25.2 Å². The predicted molar refractivity (Wildman–Crippen MR) is 101 cm³/mol. The number of aromatic nitrogens is 2. The van der Waals surface area contributed by atoms with E-state index in [4.69, 9.17) is 11.6 Å². The van der Waals surface area contributed by atoms with Crippen molar-refractivity contribution in [3.63, 3.8) is 0 Å². The standard InChI is InChI=1S/C16H18ClN3O2S2/c1-4-12(2)11-23-13(3)20-16(9-10-18-20)19-24(21,22)15-7-5-14(17)6-8-15/h5-11,19H,3-4H2,1-2H3. The predicted octanol–water partition coefficient (Wildman–Crippen LogP) is 4.81. The molecule has 0 aliphatic carbocycles. The molecule has 0 spiro atoms. The topological polar surface area (TPSA) is 64.0 Å². The van der Waals surface area contributed by atoms with Gasteiger partial charge in [-0.15, -0.1) is 0 Å². The highest BCUT2D eigenvalue weighted by atomic mass is 35.5. The Bertz CT molecular complexity index is 856. The van der Waals surface area contributed by atoms with Gasteiger partial charge >= 0.3 is 0 Å². The number of anilines is 1. The molecule has 1 aromatic heterocycles. The molecule has 0 aliphatic rings. The molecule has 5 nitrogen and oxygen atoms in total. The van der Waals surface area contributed by atoms with Crippen LogP contribution in [0.15, 0.2) is 59.0 Å². The van der Waals surface area contributed by atoms with Gasteiger partial charge in [0, 0.05) is 11.1 Å². The number of hydrogen-bond donors (Lipinski definition) is 1. The molecule has 2 aromatic rings. The molecule has 0 unspecified atom stereocenters. The minimum absolute atomic E-state index is 0.125. The number of nitrogens with one attached hydrogen (secondary N) is 1. The summed E-state index contributed by atoms with van der Waals surface area (Å²) in [7, 11) is -3.73. The van der Waals surface area contributed by atoms with Gasteiger partial charge in [-0.05, 0) is 43.0 Å². The molecule has 0 radical (unpaired) electrons. The first-order chi connectivity index (χ1) is 11.3. The smallest absolute Gasteiger partial charge is 0.263 e. The molecule has 1 aromatic carbocycles. The summed E-state index contributed by atoms with van der Waals surface area (Å²) in [6, 6.07) is 7.53. The molecule has 24 heavy (non-hydrogen) atoms. The first-order valence-electron chi connectivity index (χ1n) is 7.17. The lowest BCUT2D eigenvalue weighted by Crippen LogP contribution is -2.15. The van der Waals surface area contributed by atoms with Crippen molar-refractivity contribution >= 4 is 44.2 Å². The van der Waals surface area contributed by atoms with Gasteiger partial charge in [-0.1, -0.05) is 42.4 Å². The van der Waals surface area contributed by atoms with Crippen molar-refractivity contribution in [2.75, 3.05) is 4.72 Å². The Hall–Kier alpha value is -1.70. The van der Waals surface area contributed by atoms with Gasteiger partial charge in [-0.3, -0.25) is 4.72 Å². The minimum Gasteiger partial charge on any atom is -0.263 e. The maximum absolute atomic E-state index is 12.5. The molecule has 0 atom stereocenters. The Kier molecular flexibility index (Phi) is 6.15. The molecule has 128 valence electrons. The summed E-state index contributed by atoms with van der Waals surface area (Å²) in [4.78, 5) is 0.125. The van der Waals surface area contributed by atoms with Gasteiger partial charge in [0.25, 0.3) is 10.0 Å². The monoisotopic (exact) mass is 383 g/mol. The summed E-state index contributed by atoms with van der Waals surface area (Å²) < 4.78 is 28.9. The lowest BCUT2D eigenvalue weighted by Gasteiger charge is -2.11. The van der Waals surface area contributed by atoms with Crippen molar-refractivity contribution in [1.29, 1.82) is 0 Å². The summed E-state index contributed by atoms with van der Waals surface area (Å²) in [6.07, 6.45) is 2.46. The van der Waals surface area contributed by atoms with Crippen molar-refractivity contribution < 1.29 is 8.42 Å². The second-order valence-electron chi connectivity index (χ2n) is 5.02. The quantitative estimate of drug-likeness (QED) is 0.744. The van der Waals surface area contributed by atoms with E-state index in [-0.39, 0.29) is 4.90 Å². The zero-order chi connectivity index (χ0) is 17.7. The van der Waals surface area contributed by atoms with Crippen molar-refractivity contribution in [1.82, 2.24) is 9.78 Å². The van der Waals surface area contributed by atoms with E-state index in [1.54, 1.807) is 6.07 Å². The second-order valence-corrected chi connectivity index (χ2v) is 8.08. The van der Waals surface area contributed by atoms with Gasteiger partial charge in [0.1, 0.15) is 5.82 Å². The van der Waals surface area contributed by atoms with E-state index < -0.39 is 10.0 Å². The van der Waals surface area contributed by atoms with Crippen molar-refractivity contribution in [3.8, 4) is 0 Å². The van der Waals surface area contributed by atoms with Crippen LogP contribution in [-0.2, 0) is 10.0 Å². The van der Waals surface area contributed by atoms with E-state index in [9.17, 15) is 8.42 Å². The Morgan fingerprint density at radius 1 is 1.38 bits per heavy atom. The molecule has 0 amide bonds. The highest BCUT2D eigenvalue weighted by Gasteiger charge is 2.17. The summed E-state index contributed by atoms with van der Waals surface area (Å²) >= 11 is 7.19. The highest BCUT2D eigenvalue weighted by Crippen LogP contribution is 2.26. The van der Waals surface area contributed by atoms with E-state index in [2.05, 4.69) is 23.3 Å². The number of sulfonamides is 1. The molecule has 0 saturated carbocycles. The Labute approximate surface area is 151 Å². The van der Waals surface area contributed by atoms with Crippen molar-refractivity contribution in [3.05, 3.63) is 59.1 Å². The second kappa shape index (κ2) is 7.92. The fraction of sp³-hybridized carbons (Fsp3) is 0.188. The molecule has 1 heterocycles. The summed E-state index contributed by atoms with van der Waals surface area (Å²) in [5.41, 5.74) is 1.21. The van der Waals surface area contributed by atoms with E-state index in [1.165, 1.54) is 52.5 Å². The van der Waals surface area contributed by atoms with Gasteiger partial charge in [0.15, 0.2) is 0 Å². The molecule has 0 saturated heterocycles. The minimum atomic E-state index is -3.73. The Morgan fingerprint density at radius 2 is 2.04 bits per heavy atom. The summed E-state index contributed by atoms with van der Waals surface area (Å²) in [6.45, 7) is 8.03. The van der Waals surface area contributed by atoms with Gasteiger partial charge in [0.2, 0.25) is 0 Å². The number of nitrogens with zero attached hydrogens (tertiary/aromatic N) is 2. The highest BCUT2D eigenvalue weighted by molar-refractivity contribution is 8.10. The maximum atomic E-state index is 12.5. The largest absolute Gasteiger partial charge is 0.263 e. The van der Waals surface area contributed by atoms with Crippen LogP contribution in [0.2, 0.25) is 5.02 Å². The van der Waals surface area contributed by atoms with Crippen LogP contribution >= 0.6 is 23.4 Å². The van der Waals surface area contributed by atoms with Crippen molar-refractivity contribution in [2.24, 2.45) is 0 Å². The third kappa shape index (κ3) is 4.66. The average molecular weight is 384 g/mol. The van der Waals surface area contributed by atoms with Gasteiger partial charge in [0.05, 0.1) is 16.1 Å². The fourth-order valence-electron chi connectivity index (χ4n) is 1.69. The number of benzene rings is 1. The lowest BCUT2D eigenvalue weighted by molar-refractivity contribution is 0.601. The summed E-state index contributed by atoms with van der Waals surface area (Å²) in [5, 5.41) is 7.18. The molecule has 0 bridgehead atoms. The van der Waals surface area contributed by atoms with Crippen LogP contribution in [0.25, 0.3) is 5.03 Å². The van der Waals surface area contributed by atoms with Gasteiger partial charge < -0.3 is 0 Å². The molecule has 0 fully saturated rings. The van der Waals surface area contributed by atoms with Crippen LogP contribution in [0.1, 0.15) is 20.3 Å². The molecular formula is C16H18ClN3O2S2. The van der Waals surface area contributed by atoms with Crippen LogP contribution in [0.3, 0.4) is 0 Å². The molecule has 2 rings (SSSR count). The third-order valence-corrected chi connectivity index (χ3v) is 5.78. The van der Waals surface area contributed by atoms with Crippen LogP contribution in [0, 0.1) is 0 Å². The van der Waals surface area contributed by atoms with Crippen LogP contribution in [0.4, 0.5) is 5.82 Å². The SMILES string of the molecule is C=C(SC=C(C)CC)n1nccc1NS(=O)(=O)c1ccc(Cl)cc1. The zero-order valence-corrected chi connectivity index (χ0v) is 15.7. The Morgan fingerprint density at radius 3 is 2.67 bits per heavy atom. The third-order valence-electron chi connectivity index (χ3n) is 3.20. The van der Waals surface area contributed by atoms with E-state index >= 15 is 0 Å². The van der Waals surface area contributed by atoms with E-state index in [1.807, 2.05) is 12.3 Å². The molecule has 0 aliphatic heterocycles. The van der Waals surface area contributed by atoms with Gasteiger partial charge in [-0.25, -0.2) is 13.1 Å². The normalized spacial score (nSPS) is 12.2. The summed E-state index contributed by atoms with van der Waals surface area (Å²) in [5.74, 6) is 0.324. The number of rotatable bonds is 7. The average Bonchev–Trinajstić information content (AvgIpc) is 3.00. The number of halogens is 1. The first kappa shape index (κ1) is 18.6. The zero-order valence-electron chi connectivity index (χ0n) is 13.4. The number of hydrogen-bond acceptors (Lipinski definition) is 4. The molecular weight excluding hydrogens is 366 g/mol. The van der Waals surface area contributed by atoms with Gasteiger partial charge in [-0.2, -0.15) is 5.10 Å².